The van der Waals surface area contributed by atoms with Gasteiger partial charge in [0.15, 0.2) is 6.10 Å². The van der Waals surface area contributed by atoms with Crippen molar-refractivity contribution in [2.45, 2.75) is 32.9 Å². The van der Waals surface area contributed by atoms with Gasteiger partial charge in [-0.05, 0) is 48.6 Å². The van der Waals surface area contributed by atoms with Gasteiger partial charge in [0.25, 0.3) is 11.8 Å². The summed E-state index contributed by atoms with van der Waals surface area (Å²) < 4.78 is 5.25. The molecule has 2 aromatic rings. The Morgan fingerprint density at radius 1 is 1.03 bits per heavy atom. The molecule has 0 radical (unpaired) electrons. The molecule has 0 spiro atoms. The first-order valence-electron chi connectivity index (χ1n) is 8.94. The normalized spacial score (nSPS) is 12.7. The van der Waals surface area contributed by atoms with Crippen LogP contribution in [-0.4, -0.2) is 35.8 Å². The van der Waals surface area contributed by atoms with Crippen molar-refractivity contribution in [1.29, 1.82) is 0 Å². The molecule has 9 heteroatoms. The minimum Gasteiger partial charge on any atom is -0.451 e. The minimum atomic E-state index is -1.08. The van der Waals surface area contributed by atoms with Crippen LogP contribution in [-0.2, 0) is 14.3 Å². The number of benzene rings is 1. The van der Waals surface area contributed by atoms with Gasteiger partial charge in [0.1, 0.15) is 6.04 Å². The maximum Gasteiger partial charge on any atom is 0.329 e. The highest BCUT2D eigenvalue weighted by atomic mass is 32.1. The number of rotatable bonds is 8. The van der Waals surface area contributed by atoms with Crippen molar-refractivity contribution in [1.82, 2.24) is 5.32 Å². The lowest BCUT2D eigenvalue weighted by atomic mass is 10.0. The average Bonchev–Trinajstić information content (AvgIpc) is 3.20. The molecule has 8 nitrogen and oxygen atoms in total. The van der Waals surface area contributed by atoms with E-state index in [9.17, 15) is 19.2 Å². The molecule has 1 heterocycles. The van der Waals surface area contributed by atoms with E-state index < -0.39 is 29.9 Å². The predicted octanol–water partition coefficient (Wildman–Crippen LogP) is 2.17. The van der Waals surface area contributed by atoms with Crippen LogP contribution in [0.25, 0.3) is 0 Å². The van der Waals surface area contributed by atoms with E-state index in [4.69, 9.17) is 10.5 Å². The SMILES string of the molecule is CC(C)[C@@H](NC(=O)c1cccs1)C(=O)O[C@@H](C)C(=O)Nc1ccc(C(N)=O)cc1. The number of primary amides is 1. The van der Waals surface area contributed by atoms with Crippen molar-refractivity contribution in [3.8, 4) is 0 Å². The van der Waals surface area contributed by atoms with E-state index in [0.29, 0.717) is 16.1 Å². The largest absolute Gasteiger partial charge is 0.451 e. The van der Waals surface area contributed by atoms with Gasteiger partial charge in [0.2, 0.25) is 5.91 Å². The number of ether oxygens (including phenoxy) is 1. The molecular formula is C20H23N3O5S. The molecule has 0 saturated heterocycles. The number of hydrogen-bond donors (Lipinski definition) is 3. The van der Waals surface area contributed by atoms with E-state index in [1.54, 1.807) is 31.4 Å². The minimum absolute atomic E-state index is 0.233. The number of carbonyl (C=O) groups excluding carboxylic acids is 4. The first kappa shape index (κ1) is 22.1. The molecule has 0 aliphatic rings. The summed E-state index contributed by atoms with van der Waals surface area (Å²) >= 11 is 1.26. The van der Waals surface area contributed by atoms with E-state index in [2.05, 4.69) is 10.6 Å². The first-order valence-corrected chi connectivity index (χ1v) is 9.82. The Balaban J connectivity index is 1.96. The summed E-state index contributed by atoms with van der Waals surface area (Å²) in [4.78, 5) is 48.6. The van der Waals surface area contributed by atoms with Crippen molar-refractivity contribution in [3.05, 3.63) is 52.2 Å². The van der Waals surface area contributed by atoms with Gasteiger partial charge in [-0.25, -0.2) is 4.79 Å². The number of anilines is 1. The average molecular weight is 417 g/mol. The van der Waals surface area contributed by atoms with Crippen molar-refractivity contribution in [2.75, 3.05) is 5.32 Å². The number of carbonyl (C=O) groups is 4. The van der Waals surface area contributed by atoms with Gasteiger partial charge in [0, 0.05) is 11.3 Å². The molecular weight excluding hydrogens is 394 g/mol. The molecule has 29 heavy (non-hydrogen) atoms. The molecule has 0 aliphatic heterocycles. The monoisotopic (exact) mass is 417 g/mol. The summed E-state index contributed by atoms with van der Waals surface area (Å²) in [6.07, 6.45) is -1.08. The zero-order valence-corrected chi connectivity index (χ0v) is 17.1. The van der Waals surface area contributed by atoms with Gasteiger partial charge in [-0.1, -0.05) is 19.9 Å². The molecule has 0 saturated carbocycles. The maximum absolute atomic E-state index is 12.5. The second kappa shape index (κ2) is 9.83. The fourth-order valence-corrected chi connectivity index (χ4v) is 3.01. The van der Waals surface area contributed by atoms with Crippen molar-refractivity contribution >= 4 is 40.7 Å². The van der Waals surface area contributed by atoms with Gasteiger partial charge < -0.3 is 21.1 Å². The Morgan fingerprint density at radius 3 is 2.21 bits per heavy atom. The van der Waals surface area contributed by atoms with E-state index in [-0.39, 0.29) is 11.8 Å². The summed E-state index contributed by atoms with van der Waals surface area (Å²) in [5.41, 5.74) is 5.91. The Morgan fingerprint density at radius 2 is 1.69 bits per heavy atom. The lowest BCUT2D eigenvalue weighted by Crippen LogP contribution is -2.47. The van der Waals surface area contributed by atoms with Gasteiger partial charge in [-0.2, -0.15) is 0 Å². The van der Waals surface area contributed by atoms with E-state index in [0.717, 1.165) is 0 Å². The van der Waals surface area contributed by atoms with Crippen LogP contribution in [0.2, 0.25) is 0 Å². The molecule has 0 bridgehead atoms. The van der Waals surface area contributed by atoms with Crippen molar-refractivity contribution < 1.29 is 23.9 Å². The van der Waals surface area contributed by atoms with Crippen LogP contribution in [0.1, 0.15) is 40.8 Å². The second-order valence-corrected chi connectivity index (χ2v) is 7.63. The third-order valence-electron chi connectivity index (χ3n) is 4.05. The fraction of sp³-hybridized carbons (Fsp3) is 0.300. The fourth-order valence-electron chi connectivity index (χ4n) is 2.38. The molecule has 154 valence electrons. The molecule has 3 amide bonds. The topological polar surface area (TPSA) is 128 Å². The van der Waals surface area contributed by atoms with Crippen molar-refractivity contribution in [2.24, 2.45) is 11.7 Å². The Hall–Kier alpha value is -3.20. The van der Waals surface area contributed by atoms with Gasteiger partial charge in [-0.3, -0.25) is 14.4 Å². The Bertz CT molecular complexity index is 878. The predicted molar refractivity (Wildman–Crippen MR) is 110 cm³/mol. The number of nitrogens with one attached hydrogen (secondary N) is 2. The molecule has 4 N–H and O–H groups in total. The summed E-state index contributed by atoms with van der Waals surface area (Å²) in [6.45, 7) is 4.97. The van der Waals surface area contributed by atoms with Crippen LogP contribution < -0.4 is 16.4 Å². The molecule has 1 aromatic carbocycles. The van der Waals surface area contributed by atoms with Gasteiger partial charge in [-0.15, -0.1) is 11.3 Å². The summed E-state index contributed by atoms with van der Waals surface area (Å²) in [5, 5.41) is 7.01. The highest BCUT2D eigenvalue weighted by Gasteiger charge is 2.29. The highest BCUT2D eigenvalue weighted by Crippen LogP contribution is 2.13. The van der Waals surface area contributed by atoms with Gasteiger partial charge >= 0.3 is 5.97 Å². The standard InChI is InChI=1S/C20H23N3O5S/c1-11(2)16(23-19(26)15-5-4-10-29-15)20(27)28-12(3)18(25)22-14-8-6-13(7-9-14)17(21)24/h4-12,16H,1-3H3,(H2,21,24)(H,22,25)(H,23,26)/t12-,16+/m0/s1. The maximum atomic E-state index is 12.5. The van der Waals surface area contributed by atoms with Crippen LogP contribution in [0.4, 0.5) is 5.69 Å². The molecule has 2 atom stereocenters. The quantitative estimate of drug-likeness (QED) is 0.567. The molecule has 0 unspecified atom stereocenters. The summed E-state index contributed by atoms with van der Waals surface area (Å²) in [6, 6.07) is 8.49. The van der Waals surface area contributed by atoms with E-state index >= 15 is 0 Å². The smallest absolute Gasteiger partial charge is 0.329 e. The molecule has 1 aromatic heterocycles. The van der Waals surface area contributed by atoms with E-state index in [1.807, 2.05) is 0 Å². The Kier molecular flexibility index (Phi) is 7.49. The van der Waals surface area contributed by atoms with Crippen LogP contribution in [0.3, 0.4) is 0 Å². The third-order valence-corrected chi connectivity index (χ3v) is 4.92. The third kappa shape index (κ3) is 6.15. The summed E-state index contributed by atoms with van der Waals surface area (Å²) in [5.74, 6) is -2.42. The molecule has 0 aliphatic carbocycles. The number of thiophene rings is 1. The highest BCUT2D eigenvalue weighted by molar-refractivity contribution is 7.12. The Labute approximate surface area is 172 Å². The van der Waals surface area contributed by atoms with Crippen LogP contribution in [0.5, 0.6) is 0 Å². The summed E-state index contributed by atoms with van der Waals surface area (Å²) in [7, 11) is 0. The first-order chi connectivity index (χ1) is 13.7. The van der Waals surface area contributed by atoms with Crippen LogP contribution in [0.15, 0.2) is 41.8 Å². The lowest BCUT2D eigenvalue weighted by molar-refractivity contribution is -0.156. The number of esters is 1. The van der Waals surface area contributed by atoms with Gasteiger partial charge in [0.05, 0.1) is 4.88 Å². The van der Waals surface area contributed by atoms with Crippen LogP contribution >= 0.6 is 11.3 Å². The molecule has 2 rings (SSSR count). The van der Waals surface area contributed by atoms with Crippen LogP contribution in [0, 0.1) is 5.92 Å². The zero-order chi connectivity index (χ0) is 21.6. The number of nitrogens with two attached hydrogens (primary N) is 1. The van der Waals surface area contributed by atoms with Crippen molar-refractivity contribution in [3.63, 3.8) is 0 Å². The zero-order valence-electron chi connectivity index (χ0n) is 16.3. The molecule has 0 fully saturated rings. The second-order valence-electron chi connectivity index (χ2n) is 6.68. The number of amides is 3. The van der Waals surface area contributed by atoms with E-state index in [1.165, 1.54) is 42.5 Å². The number of hydrogen-bond acceptors (Lipinski definition) is 6. The lowest BCUT2D eigenvalue weighted by Gasteiger charge is -2.22.